The van der Waals surface area contributed by atoms with Crippen molar-refractivity contribution < 1.29 is 18.1 Å². The van der Waals surface area contributed by atoms with Crippen LogP contribution in [0.3, 0.4) is 0 Å². The van der Waals surface area contributed by atoms with Crippen LogP contribution in [0.5, 0.6) is 0 Å². The Hall–Kier alpha value is -1.59. The fraction of sp³-hybridized carbons (Fsp3) is 0.462. The Morgan fingerprint density at radius 3 is 2.30 bits per heavy atom. The summed E-state index contributed by atoms with van der Waals surface area (Å²) in [5.74, 6) is 0.0487. The monoisotopic (exact) mass is 446 g/mol. The third-order valence-corrected chi connectivity index (χ3v) is 2.45. The van der Waals surface area contributed by atoms with E-state index in [0.29, 0.717) is 6.07 Å². The van der Waals surface area contributed by atoms with Crippen molar-refractivity contribution in [2.45, 2.75) is 39.0 Å². The maximum Gasteiger partial charge on any atom is 0.416 e. The number of rotatable bonds is 3. The molecule has 0 saturated carbocycles. The molecule has 3 N–H and O–H groups in total. The van der Waals surface area contributed by atoms with Crippen LogP contribution in [0.1, 0.15) is 31.9 Å². The Labute approximate surface area is 148 Å². The van der Waals surface area contributed by atoms with E-state index in [0.717, 1.165) is 12.1 Å². The molecule has 1 rings (SSSR count). The largest absolute Gasteiger partial charge is 0.416 e. The SMILES string of the molecule is CC(C)(C)NC(N)=NCc1cc([N+](=O)[O-])cc(C(F)(F)F)c1.I. The highest BCUT2D eigenvalue weighted by molar-refractivity contribution is 14.0. The summed E-state index contributed by atoms with van der Waals surface area (Å²) in [6.45, 7) is 5.32. The molecule has 0 aliphatic heterocycles. The number of nitro groups is 1. The van der Waals surface area contributed by atoms with Crippen molar-refractivity contribution in [2.75, 3.05) is 0 Å². The normalized spacial score (nSPS) is 12.5. The van der Waals surface area contributed by atoms with E-state index < -0.39 is 22.4 Å². The molecule has 0 radical (unpaired) electrons. The number of hydrogen-bond acceptors (Lipinski definition) is 3. The maximum absolute atomic E-state index is 12.7. The van der Waals surface area contributed by atoms with Crippen molar-refractivity contribution in [3.8, 4) is 0 Å². The second kappa shape index (κ2) is 7.79. The first-order valence-corrected chi connectivity index (χ1v) is 6.32. The van der Waals surface area contributed by atoms with E-state index in [-0.39, 0.29) is 47.6 Å². The molecular formula is C13H18F3IN4O2. The van der Waals surface area contributed by atoms with Gasteiger partial charge in [0, 0.05) is 17.7 Å². The number of benzene rings is 1. The number of nitro benzene ring substituents is 1. The molecule has 0 amide bonds. The van der Waals surface area contributed by atoms with Gasteiger partial charge in [0.2, 0.25) is 0 Å². The molecule has 1 aromatic carbocycles. The van der Waals surface area contributed by atoms with E-state index in [1.165, 1.54) is 0 Å². The van der Waals surface area contributed by atoms with E-state index in [1.807, 2.05) is 20.8 Å². The average molecular weight is 446 g/mol. The molecule has 0 bridgehead atoms. The molecule has 0 spiro atoms. The summed E-state index contributed by atoms with van der Waals surface area (Å²) < 4.78 is 38.2. The molecule has 0 heterocycles. The van der Waals surface area contributed by atoms with Crippen molar-refractivity contribution in [1.82, 2.24) is 5.32 Å². The summed E-state index contributed by atoms with van der Waals surface area (Å²) in [5.41, 5.74) is 3.59. The molecule has 0 aromatic heterocycles. The molecule has 1 aromatic rings. The smallest absolute Gasteiger partial charge is 0.370 e. The van der Waals surface area contributed by atoms with E-state index >= 15 is 0 Å². The van der Waals surface area contributed by atoms with Crippen LogP contribution >= 0.6 is 24.0 Å². The number of hydrogen-bond donors (Lipinski definition) is 2. The number of alkyl halides is 3. The third-order valence-electron chi connectivity index (χ3n) is 2.45. The first-order chi connectivity index (χ1) is 9.88. The molecule has 23 heavy (non-hydrogen) atoms. The summed E-state index contributed by atoms with van der Waals surface area (Å²) in [6, 6.07) is 2.36. The number of nitrogens with zero attached hydrogens (tertiary/aromatic N) is 2. The minimum atomic E-state index is -4.67. The second-order valence-electron chi connectivity index (χ2n) is 5.72. The lowest BCUT2D eigenvalue weighted by Crippen LogP contribution is -2.44. The fourth-order valence-corrected chi connectivity index (χ4v) is 1.63. The zero-order valence-electron chi connectivity index (χ0n) is 12.8. The quantitative estimate of drug-likeness (QED) is 0.245. The number of nitrogens with two attached hydrogens (primary N) is 1. The van der Waals surface area contributed by atoms with Crippen LogP contribution in [0.15, 0.2) is 23.2 Å². The zero-order chi connectivity index (χ0) is 17.1. The molecule has 0 unspecified atom stereocenters. The van der Waals surface area contributed by atoms with E-state index in [1.54, 1.807) is 0 Å². The first-order valence-electron chi connectivity index (χ1n) is 6.32. The highest BCUT2D eigenvalue weighted by Crippen LogP contribution is 2.32. The van der Waals surface area contributed by atoms with Gasteiger partial charge < -0.3 is 11.1 Å². The summed E-state index contributed by atoms with van der Waals surface area (Å²) in [6.07, 6.45) is -4.67. The van der Waals surface area contributed by atoms with Gasteiger partial charge in [0.05, 0.1) is 17.0 Å². The molecule has 0 fully saturated rings. The van der Waals surface area contributed by atoms with Gasteiger partial charge in [0.25, 0.3) is 5.69 Å². The Morgan fingerprint density at radius 2 is 1.87 bits per heavy atom. The summed E-state index contributed by atoms with van der Waals surface area (Å²) in [4.78, 5) is 13.7. The molecule has 0 atom stereocenters. The first kappa shape index (κ1) is 21.4. The van der Waals surface area contributed by atoms with E-state index in [2.05, 4.69) is 10.3 Å². The van der Waals surface area contributed by atoms with Crippen molar-refractivity contribution in [3.05, 3.63) is 39.4 Å². The Morgan fingerprint density at radius 1 is 1.30 bits per heavy atom. The Bertz CT molecular complexity index is 598. The molecule has 10 heteroatoms. The predicted octanol–water partition coefficient (Wildman–Crippen LogP) is 3.43. The second-order valence-corrected chi connectivity index (χ2v) is 5.72. The van der Waals surface area contributed by atoms with Gasteiger partial charge in [-0.3, -0.25) is 10.1 Å². The van der Waals surface area contributed by atoms with Crippen LogP contribution in [0.25, 0.3) is 0 Å². The van der Waals surface area contributed by atoms with Gasteiger partial charge in [0.15, 0.2) is 5.96 Å². The molecule has 0 aliphatic carbocycles. The lowest BCUT2D eigenvalue weighted by Gasteiger charge is -2.21. The van der Waals surface area contributed by atoms with Gasteiger partial charge in [-0.05, 0) is 32.4 Å². The lowest BCUT2D eigenvalue weighted by molar-refractivity contribution is -0.385. The predicted molar refractivity (Wildman–Crippen MR) is 91.7 cm³/mol. The zero-order valence-corrected chi connectivity index (χ0v) is 15.1. The fourth-order valence-electron chi connectivity index (χ4n) is 1.63. The minimum absolute atomic E-state index is 0. The van der Waals surface area contributed by atoms with Crippen molar-refractivity contribution >= 4 is 35.6 Å². The maximum atomic E-state index is 12.7. The van der Waals surface area contributed by atoms with E-state index in [9.17, 15) is 23.3 Å². The van der Waals surface area contributed by atoms with Crippen LogP contribution < -0.4 is 11.1 Å². The van der Waals surface area contributed by atoms with Gasteiger partial charge >= 0.3 is 6.18 Å². The Balaban J connectivity index is 0.00000484. The van der Waals surface area contributed by atoms with E-state index in [4.69, 9.17) is 5.73 Å². The molecular weight excluding hydrogens is 428 g/mol. The third kappa shape index (κ3) is 7.48. The molecule has 130 valence electrons. The van der Waals surface area contributed by atoms with Gasteiger partial charge in [-0.15, -0.1) is 24.0 Å². The minimum Gasteiger partial charge on any atom is -0.370 e. The highest BCUT2D eigenvalue weighted by Gasteiger charge is 2.32. The van der Waals surface area contributed by atoms with Crippen molar-refractivity contribution in [3.63, 3.8) is 0 Å². The highest BCUT2D eigenvalue weighted by atomic mass is 127. The number of guanidine groups is 1. The molecule has 0 aliphatic rings. The van der Waals surface area contributed by atoms with Crippen molar-refractivity contribution in [2.24, 2.45) is 10.7 Å². The Kier molecular flexibility index (Phi) is 7.26. The van der Waals surface area contributed by atoms with Gasteiger partial charge in [-0.1, -0.05) is 0 Å². The number of non-ortho nitro benzene ring substituents is 1. The number of halogens is 4. The van der Waals surface area contributed by atoms with Gasteiger partial charge in [0.1, 0.15) is 0 Å². The average Bonchev–Trinajstić information content (AvgIpc) is 2.33. The summed E-state index contributed by atoms with van der Waals surface area (Å²) >= 11 is 0. The molecule has 6 nitrogen and oxygen atoms in total. The van der Waals surface area contributed by atoms with Gasteiger partial charge in [-0.25, -0.2) is 4.99 Å². The number of nitrogens with one attached hydrogen (secondary N) is 1. The standard InChI is InChI=1S/C13H17F3N4O2.HI/c1-12(2,3)19-11(17)18-7-8-4-9(13(14,15)16)6-10(5-8)20(21)22;/h4-6H,7H2,1-3H3,(H3,17,18,19);1H. The van der Waals surface area contributed by atoms with Crippen LogP contribution in [-0.2, 0) is 12.7 Å². The summed E-state index contributed by atoms with van der Waals surface area (Å²) in [5, 5.41) is 13.6. The van der Waals surface area contributed by atoms with Crippen LogP contribution in [0.2, 0.25) is 0 Å². The van der Waals surface area contributed by atoms with Crippen LogP contribution in [0.4, 0.5) is 18.9 Å². The van der Waals surface area contributed by atoms with Crippen molar-refractivity contribution in [1.29, 1.82) is 0 Å². The summed E-state index contributed by atoms with van der Waals surface area (Å²) in [7, 11) is 0. The topological polar surface area (TPSA) is 93.5 Å². The van der Waals surface area contributed by atoms with Crippen LogP contribution in [-0.4, -0.2) is 16.4 Å². The molecule has 0 saturated heterocycles. The van der Waals surface area contributed by atoms with Crippen LogP contribution in [0, 0.1) is 10.1 Å². The van der Waals surface area contributed by atoms with Gasteiger partial charge in [-0.2, -0.15) is 13.2 Å². The number of aliphatic imine (C=N–C) groups is 1. The lowest BCUT2D eigenvalue weighted by atomic mass is 10.1.